The smallest absolute Gasteiger partial charge is 0.261 e. The molecular formula is C17H17N3O3S. The predicted octanol–water partition coefficient (Wildman–Crippen LogP) is 3.27. The van der Waals surface area contributed by atoms with Gasteiger partial charge in [0.25, 0.3) is 5.91 Å². The van der Waals surface area contributed by atoms with E-state index in [0.29, 0.717) is 23.9 Å². The summed E-state index contributed by atoms with van der Waals surface area (Å²) in [6.07, 6.45) is -0.00236. The minimum atomic E-state index is -0.563. The highest BCUT2D eigenvalue weighted by Crippen LogP contribution is 2.21. The highest BCUT2D eigenvalue weighted by molar-refractivity contribution is 7.13. The second kappa shape index (κ2) is 7.74. The number of benzene rings is 1. The molecule has 1 atom stereocenters. The summed E-state index contributed by atoms with van der Waals surface area (Å²) < 4.78 is 10.9. The number of carbonyl (C=O) groups is 1. The summed E-state index contributed by atoms with van der Waals surface area (Å²) in [5, 5.41) is 8.63. The van der Waals surface area contributed by atoms with Crippen LogP contribution in [0.4, 0.5) is 0 Å². The highest BCUT2D eigenvalue weighted by Gasteiger charge is 2.19. The van der Waals surface area contributed by atoms with Crippen molar-refractivity contribution in [1.82, 2.24) is 15.5 Å². The van der Waals surface area contributed by atoms with Crippen LogP contribution in [0.2, 0.25) is 0 Å². The minimum Gasteiger partial charge on any atom is -0.481 e. The molecule has 6 nitrogen and oxygen atoms in total. The van der Waals surface area contributed by atoms with Crippen molar-refractivity contribution in [2.24, 2.45) is 0 Å². The van der Waals surface area contributed by atoms with E-state index in [0.717, 1.165) is 4.88 Å². The van der Waals surface area contributed by atoms with Crippen molar-refractivity contribution < 1.29 is 14.1 Å². The Morgan fingerprint density at radius 2 is 2.12 bits per heavy atom. The molecule has 0 saturated carbocycles. The van der Waals surface area contributed by atoms with Crippen molar-refractivity contribution in [3.63, 3.8) is 0 Å². The summed E-state index contributed by atoms with van der Waals surface area (Å²) in [4.78, 5) is 17.5. The molecule has 7 heteroatoms. The number of hydrogen-bond acceptors (Lipinski definition) is 6. The van der Waals surface area contributed by atoms with E-state index in [1.807, 2.05) is 54.8 Å². The Bertz CT molecular complexity index is 772. The zero-order valence-corrected chi connectivity index (χ0v) is 14.0. The van der Waals surface area contributed by atoms with Gasteiger partial charge in [-0.15, -0.1) is 11.3 Å². The van der Waals surface area contributed by atoms with Crippen molar-refractivity contribution in [3.8, 4) is 16.5 Å². The molecule has 0 aliphatic carbocycles. The van der Waals surface area contributed by atoms with Crippen molar-refractivity contribution >= 4 is 17.2 Å². The van der Waals surface area contributed by atoms with Crippen molar-refractivity contribution in [3.05, 3.63) is 53.7 Å². The summed E-state index contributed by atoms with van der Waals surface area (Å²) in [5.41, 5.74) is 0. The molecule has 0 saturated heterocycles. The number of para-hydroxylation sites is 1. The average Bonchev–Trinajstić information content (AvgIpc) is 3.29. The molecule has 1 unspecified atom stereocenters. The summed E-state index contributed by atoms with van der Waals surface area (Å²) >= 11 is 1.53. The van der Waals surface area contributed by atoms with Crippen LogP contribution in [-0.4, -0.2) is 22.2 Å². The Hall–Kier alpha value is -2.67. The zero-order chi connectivity index (χ0) is 16.8. The molecule has 0 spiro atoms. The third-order valence-corrected chi connectivity index (χ3v) is 4.17. The number of nitrogens with zero attached hydrogens (tertiary/aromatic N) is 2. The van der Waals surface area contributed by atoms with E-state index in [-0.39, 0.29) is 12.5 Å². The van der Waals surface area contributed by atoms with Crippen LogP contribution in [-0.2, 0) is 11.3 Å². The Morgan fingerprint density at radius 1 is 1.29 bits per heavy atom. The number of hydrogen-bond donors (Lipinski definition) is 1. The van der Waals surface area contributed by atoms with E-state index >= 15 is 0 Å². The standard InChI is InChI=1S/C17H17N3O3S/c1-2-13(22-12-7-4-3-5-8-12)17(21)18-11-15-19-16(20-23-15)14-9-6-10-24-14/h3-10,13H,2,11H2,1H3,(H,18,21). The Balaban J connectivity index is 1.56. The van der Waals surface area contributed by atoms with Gasteiger partial charge in [-0.3, -0.25) is 4.79 Å². The quantitative estimate of drug-likeness (QED) is 0.712. The van der Waals surface area contributed by atoms with E-state index in [1.54, 1.807) is 0 Å². The molecule has 3 aromatic rings. The van der Waals surface area contributed by atoms with Crippen LogP contribution in [0, 0.1) is 0 Å². The van der Waals surface area contributed by atoms with Crippen LogP contribution in [0.25, 0.3) is 10.7 Å². The SMILES string of the molecule is CCC(Oc1ccccc1)C(=O)NCc1nc(-c2cccs2)no1. The number of thiophene rings is 1. The molecule has 0 fully saturated rings. The number of amides is 1. The van der Waals surface area contributed by atoms with Gasteiger partial charge in [0.15, 0.2) is 6.10 Å². The number of carbonyl (C=O) groups excluding carboxylic acids is 1. The van der Waals surface area contributed by atoms with Crippen molar-refractivity contribution in [1.29, 1.82) is 0 Å². The van der Waals surface area contributed by atoms with Gasteiger partial charge in [0.05, 0.1) is 11.4 Å². The normalized spacial score (nSPS) is 11.9. The van der Waals surface area contributed by atoms with E-state index in [2.05, 4.69) is 15.5 Å². The molecule has 1 N–H and O–H groups in total. The third-order valence-electron chi connectivity index (χ3n) is 3.31. The fourth-order valence-electron chi connectivity index (χ4n) is 2.09. The number of nitrogens with one attached hydrogen (secondary N) is 1. The third kappa shape index (κ3) is 3.99. The molecule has 0 radical (unpaired) electrons. The maximum Gasteiger partial charge on any atom is 0.261 e. The van der Waals surface area contributed by atoms with Gasteiger partial charge in [0.2, 0.25) is 11.7 Å². The molecule has 0 aliphatic rings. The minimum absolute atomic E-state index is 0.172. The molecule has 0 aliphatic heterocycles. The van der Waals surface area contributed by atoms with Gasteiger partial charge in [0, 0.05) is 0 Å². The van der Waals surface area contributed by atoms with Crippen LogP contribution in [0.5, 0.6) is 5.75 Å². The Labute approximate surface area is 143 Å². The summed E-state index contributed by atoms with van der Waals surface area (Å²) in [7, 11) is 0. The van der Waals surface area contributed by atoms with E-state index in [4.69, 9.17) is 9.26 Å². The maximum atomic E-state index is 12.3. The van der Waals surface area contributed by atoms with Crippen LogP contribution in [0.15, 0.2) is 52.4 Å². The monoisotopic (exact) mass is 343 g/mol. The molecule has 1 amide bonds. The molecular weight excluding hydrogens is 326 g/mol. The lowest BCUT2D eigenvalue weighted by molar-refractivity contribution is -0.128. The van der Waals surface area contributed by atoms with Gasteiger partial charge in [0.1, 0.15) is 5.75 Å². The molecule has 2 heterocycles. The van der Waals surface area contributed by atoms with Crippen LogP contribution in [0.1, 0.15) is 19.2 Å². The molecule has 3 rings (SSSR count). The van der Waals surface area contributed by atoms with Gasteiger partial charge in [-0.05, 0) is 30.0 Å². The van der Waals surface area contributed by atoms with Gasteiger partial charge in [-0.2, -0.15) is 4.98 Å². The van der Waals surface area contributed by atoms with Gasteiger partial charge in [-0.25, -0.2) is 0 Å². The van der Waals surface area contributed by atoms with Gasteiger partial charge in [-0.1, -0.05) is 36.3 Å². The molecule has 1 aromatic carbocycles. The molecule has 24 heavy (non-hydrogen) atoms. The second-order valence-electron chi connectivity index (χ2n) is 5.03. The first-order chi connectivity index (χ1) is 11.8. The van der Waals surface area contributed by atoms with Gasteiger partial charge >= 0.3 is 0 Å². The van der Waals surface area contributed by atoms with Crippen LogP contribution < -0.4 is 10.1 Å². The zero-order valence-electron chi connectivity index (χ0n) is 13.1. The summed E-state index contributed by atoms with van der Waals surface area (Å²) in [6.45, 7) is 2.07. The fourth-order valence-corrected chi connectivity index (χ4v) is 2.74. The maximum absolute atomic E-state index is 12.3. The van der Waals surface area contributed by atoms with E-state index in [9.17, 15) is 4.79 Å². The van der Waals surface area contributed by atoms with E-state index < -0.39 is 6.10 Å². The largest absolute Gasteiger partial charge is 0.481 e. The van der Waals surface area contributed by atoms with E-state index in [1.165, 1.54) is 11.3 Å². The number of ether oxygens (including phenoxy) is 1. The first-order valence-electron chi connectivity index (χ1n) is 7.62. The lowest BCUT2D eigenvalue weighted by Gasteiger charge is -2.16. The fraction of sp³-hybridized carbons (Fsp3) is 0.235. The van der Waals surface area contributed by atoms with Crippen LogP contribution >= 0.6 is 11.3 Å². The second-order valence-corrected chi connectivity index (χ2v) is 5.98. The predicted molar refractivity (Wildman–Crippen MR) is 90.6 cm³/mol. The average molecular weight is 343 g/mol. The lowest BCUT2D eigenvalue weighted by atomic mass is 10.2. The molecule has 0 bridgehead atoms. The number of rotatable bonds is 7. The van der Waals surface area contributed by atoms with Crippen LogP contribution in [0.3, 0.4) is 0 Å². The Morgan fingerprint density at radius 3 is 2.83 bits per heavy atom. The first-order valence-corrected chi connectivity index (χ1v) is 8.50. The summed E-state index contributed by atoms with van der Waals surface area (Å²) in [6, 6.07) is 13.1. The molecule has 124 valence electrons. The van der Waals surface area contributed by atoms with Gasteiger partial charge < -0.3 is 14.6 Å². The van der Waals surface area contributed by atoms with Crippen molar-refractivity contribution in [2.75, 3.05) is 0 Å². The highest BCUT2D eigenvalue weighted by atomic mass is 32.1. The van der Waals surface area contributed by atoms with Crippen molar-refractivity contribution in [2.45, 2.75) is 26.0 Å². The summed E-state index contributed by atoms with van der Waals surface area (Å²) in [5.74, 6) is 1.35. The molecule has 2 aromatic heterocycles. The first kappa shape index (κ1) is 16.2. The topological polar surface area (TPSA) is 77.2 Å². The Kier molecular flexibility index (Phi) is 5.22. The number of aromatic nitrogens is 2. The lowest BCUT2D eigenvalue weighted by Crippen LogP contribution is -2.37.